The van der Waals surface area contributed by atoms with Gasteiger partial charge in [-0.3, -0.25) is 9.59 Å². The zero-order valence-corrected chi connectivity index (χ0v) is 12.2. The van der Waals surface area contributed by atoms with E-state index in [1.807, 2.05) is 0 Å². The minimum absolute atomic E-state index is 0.123. The molecule has 3 heterocycles. The van der Waals surface area contributed by atoms with Gasteiger partial charge in [-0.15, -0.1) is 11.8 Å². The van der Waals surface area contributed by atoms with Gasteiger partial charge in [0, 0.05) is 4.75 Å². The van der Waals surface area contributed by atoms with Crippen LogP contribution in [0, 0.1) is 0 Å². The molecule has 0 saturated carbocycles. The van der Waals surface area contributed by atoms with Crippen LogP contribution in [0.5, 0.6) is 0 Å². The number of carbonyl (C=O) groups excluding carboxylic acids is 2. The normalized spacial score (nSPS) is 29.7. The summed E-state index contributed by atoms with van der Waals surface area (Å²) in [6.45, 7) is 3.57. The molecule has 0 bridgehead atoms. The lowest BCUT2D eigenvalue weighted by Gasteiger charge is -2.43. The summed E-state index contributed by atoms with van der Waals surface area (Å²) < 4.78 is 4.37. The van der Waals surface area contributed by atoms with Gasteiger partial charge in [0.25, 0.3) is 5.91 Å². The van der Waals surface area contributed by atoms with Crippen LogP contribution in [0.3, 0.4) is 0 Å². The smallest absolute Gasteiger partial charge is 0.327 e. The van der Waals surface area contributed by atoms with Gasteiger partial charge in [-0.25, -0.2) is 4.79 Å². The fourth-order valence-electron chi connectivity index (χ4n) is 2.77. The molecule has 3 atom stereocenters. The first kappa shape index (κ1) is 14.0. The fraction of sp³-hybridized carbons (Fsp3) is 0.462. The summed E-state index contributed by atoms with van der Waals surface area (Å²) in [6.07, 6.45) is 1.37. The van der Waals surface area contributed by atoms with E-state index < -0.39 is 28.7 Å². The Hall–Kier alpha value is -1.96. The highest BCUT2D eigenvalue weighted by molar-refractivity contribution is 8.01. The number of hydrogen-bond acceptors (Lipinski definition) is 5. The summed E-state index contributed by atoms with van der Waals surface area (Å²) in [4.78, 5) is 36.8. The summed E-state index contributed by atoms with van der Waals surface area (Å²) in [5.74, 6) is -1.75. The number of aliphatic carboxylic acids is 1. The number of carboxylic acid groups (broad SMARTS) is 1. The van der Waals surface area contributed by atoms with Crippen molar-refractivity contribution in [1.29, 1.82) is 0 Å². The van der Waals surface area contributed by atoms with Crippen LogP contribution in [-0.4, -0.2) is 50.0 Å². The van der Waals surface area contributed by atoms with E-state index in [1.165, 1.54) is 29.0 Å². The largest absolute Gasteiger partial charge is 0.480 e. The van der Waals surface area contributed by atoms with E-state index in [2.05, 4.69) is 5.32 Å². The van der Waals surface area contributed by atoms with Gasteiger partial charge < -0.3 is 19.7 Å². The molecule has 2 aliphatic heterocycles. The van der Waals surface area contributed by atoms with Crippen molar-refractivity contribution in [1.82, 2.24) is 10.2 Å². The van der Waals surface area contributed by atoms with E-state index in [9.17, 15) is 19.5 Å². The summed E-state index contributed by atoms with van der Waals surface area (Å²) >= 11 is 1.38. The van der Waals surface area contributed by atoms with Crippen molar-refractivity contribution in [3.63, 3.8) is 0 Å². The number of amides is 2. The maximum atomic E-state index is 12.2. The number of hydrogen-bond donors (Lipinski definition) is 2. The zero-order chi connectivity index (χ0) is 15.4. The molecular weight excluding hydrogens is 296 g/mol. The number of carboxylic acids is 1. The lowest BCUT2D eigenvalue weighted by molar-refractivity contribution is -0.159. The molecule has 2 aliphatic rings. The summed E-state index contributed by atoms with van der Waals surface area (Å²) in [6, 6.07) is 1.49. The first-order chi connectivity index (χ1) is 9.83. The van der Waals surface area contributed by atoms with Crippen LogP contribution in [0.25, 0.3) is 0 Å². The van der Waals surface area contributed by atoms with Gasteiger partial charge in [0.05, 0.1) is 6.26 Å². The molecule has 8 heteroatoms. The van der Waals surface area contributed by atoms with Crippen LogP contribution in [0.2, 0.25) is 0 Å². The van der Waals surface area contributed by atoms with Gasteiger partial charge in [0.1, 0.15) is 17.5 Å². The van der Waals surface area contributed by atoms with Gasteiger partial charge >= 0.3 is 5.97 Å². The predicted octanol–water partition coefficient (Wildman–Crippen LogP) is 0.525. The molecule has 0 radical (unpaired) electrons. The Labute approximate surface area is 124 Å². The molecule has 0 spiro atoms. The lowest BCUT2D eigenvalue weighted by Crippen LogP contribution is -2.70. The Morgan fingerprint density at radius 3 is 2.76 bits per heavy atom. The Morgan fingerprint density at radius 2 is 2.19 bits per heavy atom. The molecule has 7 nitrogen and oxygen atoms in total. The van der Waals surface area contributed by atoms with Gasteiger partial charge in [0.2, 0.25) is 5.91 Å². The predicted molar refractivity (Wildman–Crippen MR) is 73.7 cm³/mol. The number of rotatable bonds is 3. The third kappa shape index (κ3) is 2.01. The van der Waals surface area contributed by atoms with Crippen molar-refractivity contribution in [3.8, 4) is 0 Å². The van der Waals surface area contributed by atoms with Crippen molar-refractivity contribution in [3.05, 3.63) is 24.2 Å². The topological polar surface area (TPSA) is 99.9 Å². The molecule has 3 rings (SSSR count). The molecule has 112 valence electrons. The molecule has 2 amide bonds. The van der Waals surface area contributed by atoms with Crippen molar-refractivity contribution < 1.29 is 23.9 Å². The monoisotopic (exact) mass is 310 g/mol. The number of carbonyl (C=O) groups is 3. The van der Waals surface area contributed by atoms with E-state index in [1.54, 1.807) is 19.9 Å². The molecular formula is C13H14N2O5S. The Bertz CT molecular complexity index is 612. The lowest BCUT2D eigenvalue weighted by atomic mass is 9.96. The average Bonchev–Trinajstić information content (AvgIpc) is 3.00. The third-order valence-electron chi connectivity index (χ3n) is 3.71. The van der Waals surface area contributed by atoms with Crippen molar-refractivity contribution in [2.45, 2.75) is 36.1 Å². The van der Waals surface area contributed by atoms with Crippen molar-refractivity contribution in [2.24, 2.45) is 0 Å². The van der Waals surface area contributed by atoms with Gasteiger partial charge in [-0.1, -0.05) is 0 Å². The second-order valence-corrected chi connectivity index (χ2v) is 7.30. The highest BCUT2D eigenvalue weighted by atomic mass is 32.2. The Kier molecular flexibility index (Phi) is 3.01. The maximum Gasteiger partial charge on any atom is 0.327 e. The molecule has 0 aromatic carbocycles. The number of β-lactam (4-membered cyclic amide) rings is 1. The minimum Gasteiger partial charge on any atom is -0.480 e. The number of nitrogens with zero attached hydrogens (tertiary/aromatic N) is 1. The highest BCUT2D eigenvalue weighted by Crippen LogP contribution is 2.50. The quantitative estimate of drug-likeness (QED) is 0.790. The van der Waals surface area contributed by atoms with E-state index in [-0.39, 0.29) is 17.0 Å². The van der Waals surface area contributed by atoms with Crippen LogP contribution >= 0.6 is 11.8 Å². The average molecular weight is 310 g/mol. The van der Waals surface area contributed by atoms with Gasteiger partial charge in [-0.2, -0.15) is 0 Å². The van der Waals surface area contributed by atoms with E-state index in [0.717, 1.165) is 0 Å². The molecule has 1 aromatic rings. The van der Waals surface area contributed by atoms with Gasteiger partial charge in [-0.05, 0) is 26.0 Å². The van der Waals surface area contributed by atoms with Gasteiger partial charge in [0.15, 0.2) is 5.76 Å². The molecule has 0 aliphatic carbocycles. The third-order valence-corrected chi connectivity index (χ3v) is 5.28. The summed E-state index contributed by atoms with van der Waals surface area (Å²) in [5, 5.41) is 11.5. The van der Waals surface area contributed by atoms with Crippen LogP contribution < -0.4 is 5.32 Å². The van der Waals surface area contributed by atoms with Crippen molar-refractivity contribution >= 4 is 29.5 Å². The SMILES string of the molecule is CC1(C)S[C@@H]2[C@H](NC(=O)c3ccco3)C(=O)N2[C@H]1C(=O)O. The molecule has 2 N–H and O–H groups in total. The Morgan fingerprint density at radius 1 is 1.48 bits per heavy atom. The fourth-order valence-corrected chi connectivity index (χ4v) is 4.39. The maximum absolute atomic E-state index is 12.2. The number of fused-ring (bicyclic) bond motifs is 1. The number of nitrogens with one attached hydrogen (secondary N) is 1. The molecule has 2 fully saturated rings. The van der Waals surface area contributed by atoms with Crippen molar-refractivity contribution in [2.75, 3.05) is 0 Å². The summed E-state index contributed by atoms with van der Waals surface area (Å²) in [7, 11) is 0. The second-order valence-electron chi connectivity index (χ2n) is 5.53. The second kappa shape index (κ2) is 4.52. The first-order valence-electron chi connectivity index (χ1n) is 6.40. The summed E-state index contributed by atoms with van der Waals surface area (Å²) in [5.41, 5.74) is 0. The van der Waals surface area contributed by atoms with Crippen LogP contribution in [0.1, 0.15) is 24.4 Å². The molecule has 21 heavy (non-hydrogen) atoms. The molecule has 1 aromatic heterocycles. The van der Waals surface area contributed by atoms with E-state index in [0.29, 0.717) is 0 Å². The Balaban J connectivity index is 1.76. The highest BCUT2D eigenvalue weighted by Gasteiger charge is 2.64. The minimum atomic E-state index is -1.03. The standard InChI is InChI=1S/C13H14N2O5S/c1-13(2)8(12(18)19)15-10(17)7(11(15)21-13)14-9(16)6-4-3-5-20-6/h3-5,7-8,11H,1-2H3,(H,14,16)(H,18,19)/t7-,8+,11-/m1/s1. The van der Waals surface area contributed by atoms with E-state index >= 15 is 0 Å². The van der Waals surface area contributed by atoms with E-state index in [4.69, 9.17) is 4.42 Å². The first-order valence-corrected chi connectivity index (χ1v) is 7.28. The molecule has 0 unspecified atom stereocenters. The van der Waals surface area contributed by atoms with Crippen LogP contribution in [0.15, 0.2) is 22.8 Å². The van der Waals surface area contributed by atoms with Crippen LogP contribution in [0.4, 0.5) is 0 Å². The number of thioether (sulfide) groups is 1. The molecule has 2 saturated heterocycles. The zero-order valence-electron chi connectivity index (χ0n) is 11.4. The van der Waals surface area contributed by atoms with Crippen LogP contribution in [-0.2, 0) is 9.59 Å². The number of furan rings is 1.